The molecule has 0 fully saturated rings. The van der Waals surface area contributed by atoms with Gasteiger partial charge in [-0.15, -0.1) is 5.54 Å². The molecule has 2 rings (SSSR count). The molecular formula is C25H28Si. The lowest BCUT2D eigenvalue weighted by Gasteiger charge is -2.37. The third-order valence-corrected chi connectivity index (χ3v) is 11.6. The van der Waals surface area contributed by atoms with Gasteiger partial charge in [-0.1, -0.05) is 83.9 Å². The van der Waals surface area contributed by atoms with E-state index in [2.05, 4.69) is 94.9 Å². The lowest BCUT2D eigenvalue weighted by molar-refractivity contribution is 0.838. The molecule has 0 saturated heterocycles. The maximum Gasteiger partial charge on any atom is 0.147 e. The molecule has 2 aromatic rings. The van der Waals surface area contributed by atoms with Gasteiger partial charge in [0.1, 0.15) is 8.07 Å². The van der Waals surface area contributed by atoms with Crippen molar-refractivity contribution in [1.29, 1.82) is 0 Å². The predicted octanol–water partition coefficient (Wildman–Crippen LogP) is 6.42. The molecule has 0 atom stereocenters. The van der Waals surface area contributed by atoms with Crippen LogP contribution in [0.3, 0.4) is 0 Å². The second kappa shape index (κ2) is 8.81. The molecule has 0 saturated carbocycles. The van der Waals surface area contributed by atoms with Crippen molar-refractivity contribution in [3.8, 4) is 35.1 Å². The number of fused-ring (bicyclic) bond motifs is 1. The first-order chi connectivity index (χ1) is 12.4. The van der Waals surface area contributed by atoms with Crippen LogP contribution in [0.1, 0.15) is 47.1 Å². The highest BCUT2D eigenvalue weighted by Crippen LogP contribution is 2.40. The maximum atomic E-state index is 3.61. The number of benzene rings is 2. The molecule has 0 nitrogen and oxygen atoms in total. The molecule has 0 amide bonds. The molecule has 0 aliphatic heterocycles. The highest BCUT2D eigenvalue weighted by Gasteiger charge is 2.41. The van der Waals surface area contributed by atoms with E-state index in [0.29, 0.717) is 16.6 Å². The minimum absolute atomic E-state index is 0.624. The van der Waals surface area contributed by atoms with Crippen molar-refractivity contribution in [2.75, 3.05) is 0 Å². The molecule has 2 aromatic carbocycles. The minimum atomic E-state index is -1.70. The van der Waals surface area contributed by atoms with Gasteiger partial charge in [-0.2, -0.15) is 0 Å². The van der Waals surface area contributed by atoms with Crippen LogP contribution in [0.15, 0.2) is 42.5 Å². The molecule has 26 heavy (non-hydrogen) atoms. The molecule has 0 heterocycles. The van der Waals surface area contributed by atoms with E-state index in [4.69, 9.17) is 0 Å². The molecule has 0 unspecified atom stereocenters. The summed E-state index contributed by atoms with van der Waals surface area (Å²) < 4.78 is 0. The second-order valence-corrected chi connectivity index (χ2v) is 13.3. The Morgan fingerprint density at radius 2 is 1.23 bits per heavy atom. The van der Waals surface area contributed by atoms with Gasteiger partial charge in [0.25, 0.3) is 0 Å². The Morgan fingerprint density at radius 1 is 0.654 bits per heavy atom. The highest BCUT2D eigenvalue weighted by molar-refractivity contribution is 6.90. The van der Waals surface area contributed by atoms with Crippen molar-refractivity contribution in [1.82, 2.24) is 0 Å². The summed E-state index contributed by atoms with van der Waals surface area (Å²) in [4.78, 5) is 0. The zero-order valence-electron chi connectivity index (χ0n) is 16.8. The molecular weight excluding hydrogens is 328 g/mol. The quantitative estimate of drug-likeness (QED) is 0.440. The van der Waals surface area contributed by atoms with Gasteiger partial charge in [-0.25, -0.2) is 0 Å². The fraction of sp³-hybridized carbons (Fsp3) is 0.360. The summed E-state index contributed by atoms with van der Waals surface area (Å²) in [6.07, 6.45) is 0. The smallest absolute Gasteiger partial charge is 0.116 e. The molecule has 0 N–H and O–H groups in total. The molecule has 0 aliphatic carbocycles. The van der Waals surface area contributed by atoms with E-state index in [-0.39, 0.29) is 0 Å². The van der Waals surface area contributed by atoms with Gasteiger partial charge in [0.15, 0.2) is 0 Å². The first-order valence-corrected chi connectivity index (χ1v) is 11.6. The minimum Gasteiger partial charge on any atom is -0.116 e. The number of hydrogen-bond donors (Lipinski definition) is 0. The van der Waals surface area contributed by atoms with Crippen LogP contribution >= 0.6 is 0 Å². The molecule has 0 bridgehead atoms. The molecule has 0 radical (unpaired) electrons. The van der Waals surface area contributed by atoms with Crippen LogP contribution in [-0.4, -0.2) is 8.07 Å². The number of rotatable bonds is 3. The van der Waals surface area contributed by atoms with E-state index in [1.165, 1.54) is 10.8 Å². The summed E-state index contributed by atoms with van der Waals surface area (Å²) in [6.45, 7) is 13.9. The van der Waals surface area contributed by atoms with E-state index in [1.54, 1.807) is 0 Å². The van der Waals surface area contributed by atoms with Gasteiger partial charge in [-0.3, -0.25) is 0 Å². The first-order valence-electron chi connectivity index (χ1n) is 9.40. The first kappa shape index (κ1) is 19.9. The Hall–Kier alpha value is -2.40. The monoisotopic (exact) mass is 356 g/mol. The Morgan fingerprint density at radius 3 is 1.88 bits per heavy atom. The summed E-state index contributed by atoms with van der Waals surface area (Å²) in [5.74, 6) is 15.2. The van der Waals surface area contributed by atoms with Crippen LogP contribution in [0, 0.1) is 35.1 Å². The fourth-order valence-electron chi connectivity index (χ4n) is 4.07. The van der Waals surface area contributed by atoms with Crippen LogP contribution in [0.2, 0.25) is 16.6 Å². The zero-order valence-corrected chi connectivity index (χ0v) is 17.8. The maximum absolute atomic E-state index is 3.61. The molecule has 0 aliphatic rings. The van der Waals surface area contributed by atoms with E-state index >= 15 is 0 Å². The van der Waals surface area contributed by atoms with E-state index in [9.17, 15) is 0 Å². The average Bonchev–Trinajstić information content (AvgIpc) is 2.60. The zero-order chi connectivity index (χ0) is 19.2. The summed E-state index contributed by atoms with van der Waals surface area (Å²) in [7, 11) is -1.70. The van der Waals surface area contributed by atoms with Crippen LogP contribution in [0.25, 0.3) is 10.8 Å². The Labute approximate surface area is 160 Å². The average molecular weight is 357 g/mol. The number of hydrogen-bond acceptors (Lipinski definition) is 0. The predicted molar refractivity (Wildman–Crippen MR) is 117 cm³/mol. The van der Waals surface area contributed by atoms with Crippen molar-refractivity contribution in [3.63, 3.8) is 0 Å². The third kappa shape index (κ3) is 4.22. The fourth-order valence-corrected chi connectivity index (χ4v) is 9.21. The van der Waals surface area contributed by atoms with E-state index < -0.39 is 8.07 Å². The van der Waals surface area contributed by atoms with Crippen molar-refractivity contribution >= 4 is 18.8 Å². The molecule has 0 aromatic heterocycles. The van der Waals surface area contributed by atoms with Crippen LogP contribution < -0.4 is 0 Å². The summed E-state index contributed by atoms with van der Waals surface area (Å²) >= 11 is 0. The SMILES string of the molecule is CC(C)[Si](C#CC#CC#Cc1cccc2ccccc12)(C(C)C)C(C)C. The van der Waals surface area contributed by atoms with Gasteiger partial charge in [-0.05, 0) is 57.1 Å². The van der Waals surface area contributed by atoms with E-state index in [1.807, 2.05) is 24.3 Å². The van der Waals surface area contributed by atoms with E-state index in [0.717, 1.165) is 5.56 Å². The summed E-state index contributed by atoms with van der Waals surface area (Å²) in [5, 5.41) is 2.37. The normalized spacial score (nSPS) is 10.8. The Kier molecular flexibility index (Phi) is 6.74. The van der Waals surface area contributed by atoms with Gasteiger partial charge in [0.05, 0.1) is 0 Å². The lowest BCUT2D eigenvalue weighted by Crippen LogP contribution is -2.43. The standard InChI is InChI=1S/C25H28Si/c1-20(2)26(21(3)4,22(5)6)19-12-8-7-9-14-23-16-13-17-24-15-10-11-18-25(23)24/h10-11,13,15-18,20-22H,1-6H3. The lowest BCUT2D eigenvalue weighted by atomic mass is 10.1. The van der Waals surface area contributed by atoms with Crippen molar-refractivity contribution < 1.29 is 0 Å². The molecule has 0 spiro atoms. The Balaban J connectivity index is 2.27. The molecule has 132 valence electrons. The van der Waals surface area contributed by atoms with Gasteiger partial charge in [0.2, 0.25) is 0 Å². The summed E-state index contributed by atoms with van der Waals surface area (Å²) in [6, 6.07) is 14.5. The van der Waals surface area contributed by atoms with Crippen molar-refractivity contribution in [2.24, 2.45) is 0 Å². The molecule has 1 heteroatoms. The van der Waals surface area contributed by atoms with Crippen LogP contribution in [-0.2, 0) is 0 Å². The van der Waals surface area contributed by atoms with Crippen molar-refractivity contribution in [3.05, 3.63) is 48.0 Å². The largest absolute Gasteiger partial charge is 0.147 e. The summed E-state index contributed by atoms with van der Waals surface area (Å²) in [5.41, 5.74) is 6.49. The second-order valence-electron chi connectivity index (χ2n) is 7.67. The topological polar surface area (TPSA) is 0 Å². The third-order valence-electron chi connectivity index (χ3n) is 5.32. The van der Waals surface area contributed by atoms with Crippen LogP contribution in [0.5, 0.6) is 0 Å². The van der Waals surface area contributed by atoms with Crippen molar-refractivity contribution in [2.45, 2.75) is 58.2 Å². The van der Waals surface area contributed by atoms with Gasteiger partial charge < -0.3 is 0 Å². The van der Waals surface area contributed by atoms with Gasteiger partial charge >= 0.3 is 0 Å². The van der Waals surface area contributed by atoms with Crippen LogP contribution in [0.4, 0.5) is 0 Å². The highest BCUT2D eigenvalue weighted by atomic mass is 28.3. The Bertz CT molecular complexity index is 917. The van der Waals surface area contributed by atoms with Gasteiger partial charge in [0, 0.05) is 5.56 Å².